The molecule has 2 fully saturated rings. The molecule has 0 aliphatic carbocycles. The summed E-state index contributed by atoms with van der Waals surface area (Å²) in [5.74, 6) is 0.0405. The summed E-state index contributed by atoms with van der Waals surface area (Å²) in [5, 5.41) is 0. The van der Waals surface area contributed by atoms with E-state index in [1.807, 2.05) is 0 Å². The molecule has 2 unspecified atom stereocenters. The Bertz CT molecular complexity index is 456. The van der Waals surface area contributed by atoms with Crippen molar-refractivity contribution in [3.05, 3.63) is 35.6 Å². The molecule has 2 aliphatic heterocycles. The maximum Gasteiger partial charge on any atom is 0.166 e. The molecule has 0 N–H and O–H groups in total. The number of benzene rings is 1. The minimum absolute atomic E-state index is 0.122. The highest BCUT2D eigenvalue weighted by Gasteiger charge is 2.38. The number of rotatable bonds is 2. The summed E-state index contributed by atoms with van der Waals surface area (Å²) in [6.07, 6.45) is 5.63. The largest absolute Gasteiger partial charge is 0.300 e. The molecular weight excluding hydrogens is 241 g/mol. The van der Waals surface area contributed by atoms with Crippen molar-refractivity contribution in [1.82, 2.24) is 4.90 Å². The quantitative estimate of drug-likeness (QED) is 0.762. The average Bonchev–Trinajstić information content (AvgIpc) is 2.38. The molecule has 0 radical (unpaired) electrons. The van der Waals surface area contributed by atoms with E-state index < -0.39 is 0 Å². The van der Waals surface area contributed by atoms with Crippen molar-refractivity contribution in [2.45, 2.75) is 44.2 Å². The van der Waals surface area contributed by atoms with Gasteiger partial charge in [0.2, 0.25) is 0 Å². The first-order chi connectivity index (χ1) is 9.15. The summed E-state index contributed by atoms with van der Waals surface area (Å²) in [6, 6.07) is 7.10. The van der Waals surface area contributed by atoms with E-state index in [1.54, 1.807) is 12.1 Å². The standard InChI is InChI=1S/C16H20FNO/c1-18-14-3-2-4-15(18)10-12(9-14)16(19)11-5-7-13(17)8-6-11/h5-8,12,14-15H,2-4,9-10H2,1H3. The van der Waals surface area contributed by atoms with E-state index in [0.29, 0.717) is 17.6 Å². The molecule has 2 heterocycles. The van der Waals surface area contributed by atoms with Crippen LogP contribution in [0.4, 0.5) is 4.39 Å². The number of hydrogen-bond donors (Lipinski definition) is 0. The molecule has 1 aromatic carbocycles. The number of piperidine rings is 2. The summed E-state index contributed by atoms with van der Waals surface area (Å²) in [4.78, 5) is 15.0. The molecule has 2 aliphatic rings. The second-order valence-electron chi connectivity index (χ2n) is 5.94. The van der Waals surface area contributed by atoms with Gasteiger partial charge in [-0.05, 0) is 57.0 Å². The number of nitrogens with zero attached hydrogens (tertiary/aromatic N) is 1. The van der Waals surface area contributed by atoms with Gasteiger partial charge in [-0.25, -0.2) is 4.39 Å². The van der Waals surface area contributed by atoms with Crippen LogP contribution in [-0.2, 0) is 0 Å². The molecule has 1 aromatic rings. The predicted octanol–water partition coefficient (Wildman–Crippen LogP) is 3.27. The molecular formula is C16H20FNO. The van der Waals surface area contributed by atoms with Crippen molar-refractivity contribution >= 4 is 5.78 Å². The highest BCUT2D eigenvalue weighted by Crippen LogP contribution is 2.37. The molecule has 0 aromatic heterocycles. The second-order valence-corrected chi connectivity index (χ2v) is 5.94. The molecule has 3 rings (SSSR count). The van der Waals surface area contributed by atoms with Gasteiger partial charge in [-0.15, -0.1) is 0 Å². The van der Waals surface area contributed by atoms with E-state index in [2.05, 4.69) is 11.9 Å². The Kier molecular flexibility index (Phi) is 3.40. The third-order valence-electron chi connectivity index (χ3n) is 4.84. The van der Waals surface area contributed by atoms with Gasteiger partial charge in [0.15, 0.2) is 5.78 Å². The maximum atomic E-state index is 12.9. The van der Waals surface area contributed by atoms with Crippen molar-refractivity contribution in [3.63, 3.8) is 0 Å². The molecule has 102 valence electrons. The lowest BCUT2D eigenvalue weighted by Gasteiger charge is -2.46. The number of ketones is 1. The Morgan fingerprint density at radius 3 is 2.32 bits per heavy atom. The van der Waals surface area contributed by atoms with Gasteiger partial charge >= 0.3 is 0 Å². The van der Waals surface area contributed by atoms with Crippen molar-refractivity contribution < 1.29 is 9.18 Å². The van der Waals surface area contributed by atoms with Crippen LogP contribution in [0.15, 0.2) is 24.3 Å². The average molecular weight is 261 g/mol. The Balaban J connectivity index is 1.76. The van der Waals surface area contributed by atoms with Crippen LogP contribution < -0.4 is 0 Å². The fourth-order valence-corrected chi connectivity index (χ4v) is 3.68. The zero-order valence-electron chi connectivity index (χ0n) is 11.3. The first kappa shape index (κ1) is 12.8. The Morgan fingerprint density at radius 2 is 1.74 bits per heavy atom. The summed E-state index contributed by atoms with van der Waals surface area (Å²) < 4.78 is 12.9. The minimum Gasteiger partial charge on any atom is -0.300 e. The number of Topliss-reactive ketones (excluding diaryl/α,β-unsaturated/α-hetero) is 1. The van der Waals surface area contributed by atoms with Crippen molar-refractivity contribution in [1.29, 1.82) is 0 Å². The first-order valence-electron chi connectivity index (χ1n) is 7.17. The molecule has 3 heteroatoms. The van der Waals surface area contributed by atoms with Gasteiger partial charge in [0.1, 0.15) is 5.82 Å². The van der Waals surface area contributed by atoms with Gasteiger partial charge < -0.3 is 4.90 Å². The summed E-state index contributed by atoms with van der Waals surface area (Å²) in [5.41, 5.74) is 0.661. The van der Waals surface area contributed by atoms with Crippen LogP contribution in [0.1, 0.15) is 42.5 Å². The van der Waals surface area contributed by atoms with Crippen LogP contribution >= 0.6 is 0 Å². The molecule has 2 atom stereocenters. The van der Waals surface area contributed by atoms with Gasteiger partial charge in [-0.1, -0.05) is 6.42 Å². The number of halogens is 1. The van der Waals surface area contributed by atoms with Gasteiger partial charge in [-0.2, -0.15) is 0 Å². The number of hydrogen-bond acceptors (Lipinski definition) is 2. The highest BCUT2D eigenvalue weighted by atomic mass is 19.1. The lowest BCUT2D eigenvalue weighted by molar-refractivity contribution is 0.0338. The molecule has 2 saturated heterocycles. The first-order valence-corrected chi connectivity index (χ1v) is 7.17. The summed E-state index contributed by atoms with van der Waals surface area (Å²) >= 11 is 0. The zero-order valence-corrected chi connectivity index (χ0v) is 11.3. The lowest BCUT2D eigenvalue weighted by Crippen LogP contribution is -2.51. The third kappa shape index (κ3) is 2.44. The van der Waals surface area contributed by atoms with Gasteiger partial charge in [-0.3, -0.25) is 4.79 Å². The molecule has 19 heavy (non-hydrogen) atoms. The Labute approximate surface area is 113 Å². The van der Waals surface area contributed by atoms with Crippen molar-refractivity contribution in [2.24, 2.45) is 5.92 Å². The van der Waals surface area contributed by atoms with Crippen LogP contribution in [0.2, 0.25) is 0 Å². The summed E-state index contributed by atoms with van der Waals surface area (Å²) in [7, 11) is 2.19. The number of carbonyl (C=O) groups is 1. The third-order valence-corrected chi connectivity index (χ3v) is 4.84. The minimum atomic E-state index is -0.281. The van der Waals surface area contributed by atoms with Crippen LogP contribution in [0.25, 0.3) is 0 Å². The molecule has 0 spiro atoms. The SMILES string of the molecule is CN1C2CCCC1CC(C(=O)c1ccc(F)cc1)C2. The fraction of sp³-hybridized carbons (Fsp3) is 0.562. The van der Waals surface area contributed by atoms with Gasteiger partial charge in [0.05, 0.1) is 0 Å². The monoisotopic (exact) mass is 261 g/mol. The zero-order chi connectivity index (χ0) is 13.4. The van der Waals surface area contributed by atoms with Gasteiger partial charge in [0, 0.05) is 23.6 Å². The molecule has 0 saturated carbocycles. The molecule has 0 amide bonds. The molecule has 2 nitrogen and oxygen atoms in total. The lowest BCUT2D eigenvalue weighted by atomic mass is 9.76. The van der Waals surface area contributed by atoms with E-state index in [0.717, 1.165) is 12.8 Å². The van der Waals surface area contributed by atoms with E-state index >= 15 is 0 Å². The summed E-state index contributed by atoms with van der Waals surface area (Å²) in [6.45, 7) is 0. The van der Waals surface area contributed by atoms with Crippen LogP contribution in [0, 0.1) is 11.7 Å². The number of carbonyl (C=O) groups excluding carboxylic acids is 1. The fourth-order valence-electron chi connectivity index (χ4n) is 3.68. The van der Waals surface area contributed by atoms with E-state index in [1.165, 1.54) is 31.4 Å². The van der Waals surface area contributed by atoms with Crippen LogP contribution in [-0.4, -0.2) is 29.8 Å². The van der Waals surface area contributed by atoms with E-state index in [-0.39, 0.29) is 17.5 Å². The highest BCUT2D eigenvalue weighted by molar-refractivity contribution is 5.97. The number of fused-ring (bicyclic) bond motifs is 2. The van der Waals surface area contributed by atoms with E-state index in [9.17, 15) is 9.18 Å². The second kappa shape index (κ2) is 5.04. The van der Waals surface area contributed by atoms with Crippen LogP contribution in [0.3, 0.4) is 0 Å². The maximum absolute atomic E-state index is 12.9. The van der Waals surface area contributed by atoms with Crippen LogP contribution in [0.5, 0.6) is 0 Å². The smallest absolute Gasteiger partial charge is 0.166 e. The predicted molar refractivity (Wildman–Crippen MR) is 72.6 cm³/mol. The topological polar surface area (TPSA) is 20.3 Å². The Morgan fingerprint density at radius 1 is 1.16 bits per heavy atom. The molecule has 2 bridgehead atoms. The van der Waals surface area contributed by atoms with E-state index in [4.69, 9.17) is 0 Å². The Hall–Kier alpha value is -1.22. The van der Waals surface area contributed by atoms with Crippen molar-refractivity contribution in [2.75, 3.05) is 7.05 Å². The van der Waals surface area contributed by atoms with Gasteiger partial charge in [0.25, 0.3) is 0 Å². The van der Waals surface area contributed by atoms with Crippen molar-refractivity contribution in [3.8, 4) is 0 Å². The normalized spacial score (nSPS) is 31.2.